The van der Waals surface area contributed by atoms with E-state index >= 15 is 0 Å². The molecule has 1 N–H and O–H groups in total. The smallest absolute Gasteiger partial charge is 0.125 e. The molecule has 0 saturated heterocycles. The van der Waals surface area contributed by atoms with Gasteiger partial charge in [-0.1, -0.05) is 13.8 Å². The van der Waals surface area contributed by atoms with Crippen LogP contribution in [0.25, 0.3) is 10.9 Å². The quantitative estimate of drug-likeness (QED) is 0.757. The number of nitrogens with zero attached hydrogens (tertiary/aromatic N) is 1. The number of benzene rings is 1. The maximum Gasteiger partial charge on any atom is 0.125 e. The summed E-state index contributed by atoms with van der Waals surface area (Å²) in [4.78, 5) is 5.52. The summed E-state index contributed by atoms with van der Waals surface area (Å²) in [7, 11) is 0. The van der Waals surface area contributed by atoms with E-state index in [1.807, 2.05) is 18.3 Å². The largest absolute Gasteiger partial charge is 0.467 e. The Morgan fingerprint density at radius 2 is 2.05 bits per heavy atom. The van der Waals surface area contributed by atoms with Crippen LogP contribution in [0.1, 0.15) is 31.2 Å². The van der Waals surface area contributed by atoms with Gasteiger partial charge in [0, 0.05) is 22.7 Å². The van der Waals surface area contributed by atoms with Gasteiger partial charge in [0.1, 0.15) is 11.6 Å². The van der Waals surface area contributed by atoms with Crippen molar-refractivity contribution in [2.45, 2.75) is 19.9 Å². The summed E-state index contributed by atoms with van der Waals surface area (Å²) < 4.78 is 19.2. The molecule has 0 amide bonds. The molecule has 2 aromatic heterocycles. The fraction of sp³-hybridized carbons (Fsp3) is 0.294. The molecule has 0 aliphatic carbocycles. The lowest BCUT2D eigenvalue weighted by Gasteiger charge is -2.28. The van der Waals surface area contributed by atoms with Gasteiger partial charge in [0.15, 0.2) is 0 Å². The van der Waals surface area contributed by atoms with E-state index in [9.17, 15) is 4.39 Å². The number of aromatic amines is 1. The SMILES string of the molecule is CCN(CC)C(c1ccco1)c1c[nH]c2ccc(F)cc12. The third-order valence-electron chi connectivity index (χ3n) is 3.96. The number of aromatic nitrogens is 1. The first-order valence-electron chi connectivity index (χ1n) is 7.28. The Morgan fingerprint density at radius 3 is 2.71 bits per heavy atom. The number of rotatable bonds is 5. The molecule has 2 heterocycles. The molecule has 0 saturated carbocycles. The van der Waals surface area contributed by atoms with Crippen molar-refractivity contribution in [3.63, 3.8) is 0 Å². The Labute approximate surface area is 123 Å². The lowest BCUT2D eigenvalue weighted by atomic mass is 10.0. The van der Waals surface area contributed by atoms with E-state index in [0.717, 1.165) is 35.3 Å². The van der Waals surface area contributed by atoms with Gasteiger partial charge in [-0.25, -0.2) is 4.39 Å². The summed E-state index contributed by atoms with van der Waals surface area (Å²) in [6.45, 7) is 6.03. The maximum atomic E-state index is 13.6. The van der Waals surface area contributed by atoms with Crippen LogP contribution in [0.2, 0.25) is 0 Å². The van der Waals surface area contributed by atoms with Crippen LogP contribution in [0.15, 0.2) is 47.2 Å². The first-order chi connectivity index (χ1) is 10.2. The zero-order chi connectivity index (χ0) is 14.8. The maximum absolute atomic E-state index is 13.6. The molecule has 4 heteroatoms. The van der Waals surface area contributed by atoms with Gasteiger partial charge >= 0.3 is 0 Å². The van der Waals surface area contributed by atoms with Crippen molar-refractivity contribution in [2.75, 3.05) is 13.1 Å². The van der Waals surface area contributed by atoms with Crippen LogP contribution < -0.4 is 0 Å². The van der Waals surface area contributed by atoms with E-state index < -0.39 is 0 Å². The molecule has 0 aliphatic rings. The lowest BCUT2D eigenvalue weighted by Crippen LogP contribution is -2.28. The van der Waals surface area contributed by atoms with Crippen molar-refractivity contribution in [2.24, 2.45) is 0 Å². The Bertz CT molecular complexity index is 714. The molecule has 1 unspecified atom stereocenters. The molecule has 1 aromatic carbocycles. The molecule has 110 valence electrons. The van der Waals surface area contributed by atoms with Gasteiger partial charge in [-0.15, -0.1) is 0 Å². The first-order valence-corrected chi connectivity index (χ1v) is 7.28. The molecule has 0 bridgehead atoms. The number of hydrogen-bond acceptors (Lipinski definition) is 2. The summed E-state index contributed by atoms with van der Waals surface area (Å²) in [5.74, 6) is 0.657. The van der Waals surface area contributed by atoms with Crippen LogP contribution in [0.5, 0.6) is 0 Å². The molecule has 0 fully saturated rings. The number of nitrogens with one attached hydrogen (secondary N) is 1. The minimum absolute atomic E-state index is 0.00875. The first kappa shape index (κ1) is 13.9. The van der Waals surface area contributed by atoms with Crippen LogP contribution >= 0.6 is 0 Å². The predicted molar refractivity (Wildman–Crippen MR) is 81.7 cm³/mol. The number of hydrogen-bond donors (Lipinski definition) is 1. The second-order valence-electron chi connectivity index (χ2n) is 5.07. The Morgan fingerprint density at radius 1 is 1.24 bits per heavy atom. The fourth-order valence-corrected chi connectivity index (χ4v) is 2.91. The van der Waals surface area contributed by atoms with E-state index in [-0.39, 0.29) is 11.9 Å². The zero-order valence-electron chi connectivity index (χ0n) is 12.3. The average Bonchev–Trinajstić information content (AvgIpc) is 3.14. The topological polar surface area (TPSA) is 32.2 Å². The molecule has 0 radical (unpaired) electrons. The Hall–Kier alpha value is -2.07. The minimum Gasteiger partial charge on any atom is -0.467 e. The number of fused-ring (bicyclic) bond motifs is 1. The standard InChI is InChI=1S/C17H19FN2O/c1-3-20(4-2)17(16-6-5-9-21-16)14-11-19-15-8-7-12(18)10-13(14)15/h5-11,17,19H,3-4H2,1-2H3. The summed E-state index contributed by atoms with van der Waals surface area (Å²) in [6.07, 6.45) is 3.64. The van der Waals surface area contributed by atoms with Crippen molar-refractivity contribution in [3.8, 4) is 0 Å². The van der Waals surface area contributed by atoms with Gasteiger partial charge in [-0.3, -0.25) is 4.90 Å². The average molecular weight is 286 g/mol. The highest BCUT2D eigenvalue weighted by Gasteiger charge is 2.25. The van der Waals surface area contributed by atoms with Crippen LogP contribution in [0.3, 0.4) is 0 Å². The molecule has 21 heavy (non-hydrogen) atoms. The molecule has 0 aliphatic heterocycles. The Balaban J connectivity index is 2.16. The molecule has 3 nitrogen and oxygen atoms in total. The summed E-state index contributed by atoms with van der Waals surface area (Å²) in [6, 6.07) is 8.69. The predicted octanol–water partition coefficient (Wildman–Crippen LogP) is 4.33. The van der Waals surface area contributed by atoms with E-state index in [0.29, 0.717) is 0 Å². The van der Waals surface area contributed by atoms with E-state index in [4.69, 9.17) is 4.42 Å². The molecule has 3 aromatic rings. The summed E-state index contributed by atoms with van der Waals surface area (Å²) in [5, 5.41) is 0.906. The van der Waals surface area contributed by atoms with Crippen molar-refractivity contribution in [3.05, 3.63) is 59.9 Å². The second kappa shape index (κ2) is 5.74. The molecule has 0 spiro atoms. The molecular weight excluding hydrogens is 267 g/mol. The molecular formula is C17H19FN2O. The fourth-order valence-electron chi connectivity index (χ4n) is 2.91. The van der Waals surface area contributed by atoms with Gasteiger partial charge in [-0.05, 0) is 43.4 Å². The van der Waals surface area contributed by atoms with E-state index in [1.165, 1.54) is 6.07 Å². The van der Waals surface area contributed by atoms with Crippen LogP contribution in [-0.4, -0.2) is 23.0 Å². The highest BCUT2D eigenvalue weighted by molar-refractivity contribution is 5.84. The van der Waals surface area contributed by atoms with Gasteiger partial charge in [0.05, 0.1) is 12.3 Å². The summed E-state index contributed by atoms with van der Waals surface area (Å²) in [5.41, 5.74) is 1.98. The van der Waals surface area contributed by atoms with Crippen molar-refractivity contribution >= 4 is 10.9 Å². The second-order valence-corrected chi connectivity index (χ2v) is 5.07. The third kappa shape index (κ3) is 2.47. The van der Waals surface area contributed by atoms with Crippen LogP contribution in [0.4, 0.5) is 4.39 Å². The monoisotopic (exact) mass is 286 g/mol. The summed E-state index contributed by atoms with van der Waals surface area (Å²) >= 11 is 0. The van der Waals surface area contributed by atoms with Crippen molar-refractivity contribution in [1.29, 1.82) is 0 Å². The van der Waals surface area contributed by atoms with E-state index in [1.54, 1.807) is 18.4 Å². The highest BCUT2D eigenvalue weighted by Crippen LogP contribution is 2.34. The number of furan rings is 1. The number of H-pyrrole nitrogens is 1. The molecule has 1 atom stereocenters. The minimum atomic E-state index is -0.221. The van der Waals surface area contributed by atoms with Crippen molar-refractivity contribution < 1.29 is 8.81 Å². The van der Waals surface area contributed by atoms with Crippen LogP contribution in [0, 0.1) is 5.82 Å². The lowest BCUT2D eigenvalue weighted by molar-refractivity contribution is 0.225. The highest BCUT2D eigenvalue weighted by atomic mass is 19.1. The molecule has 3 rings (SSSR count). The third-order valence-corrected chi connectivity index (χ3v) is 3.96. The van der Waals surface area contributed by atoms with Gasteiger partial charge in [0.25, 0.3) is 0 Å². The van der Waals surface area contributed by atoms with Crippen LogP contribution in [-0.2, 0) is 0 Å². The zero-order valence-corrected chi connectivity index (χ0v) is 12.3. The van der Waals surface area contributed by atoms with E-state index in [2.05, 4.69) is 23.7 Å². The normalized spacial score (nSPS) is 13.1. The van der Waals surface area contributed by atoms with Gasteiger partial charge < -0.3 is 9.40 Å². The van der Waals surface area contributed by atoms with Gasteiger partial charge in [0.2, 0.25) is 0 Å². The van der Waals surface area contributed by atoms with Crippen molar-refractivity contribution in [1.82, 2.24) is 9.88 Å². The Kier molecular flexibility index (Phi) is 3.80. The number of halogens is 1. The van der Waals surface area contributed by atoms with Gasteiger partial charge in [-0.2, -0.15) is 0 Å².